The number of hydrogen-bond donors (Lipinski definition) is 0. The highest BCUT2D eigenvalue weighted by Crippen LogP contribution is 2.18. The van der Waals surface area contributed by atoms with Crippen molar-refractivity contribution in [2.45, 2.75) is 20.3 Å². The minimum atomic E-state index is -2.17. The maximum Gasteiger partial charge on any atom is 0.247 e. The Balaban J connectivity index is 2.93. The molecule has 0 aliphatic rings. The van der Waals surface area contributed by atoms with Crippen molar-refractivity contribution in [3.05, 3.63) is 5.25 Å². The first-order valence-corrected chi connectivity index (χ1v) is 3.32. The van der Waals surface area contributed by atoms with E-state index in [0.29, 0.717) is 0 Å². The Labute approximate surface area is 52.7 Å². The summed E-state index contributed by atoms with van der Waals surface area (Å²) in [7, 11) is 0. The summed E-state index contributed by atoms with van der Waals surface area (Å²) in [6.07, 6.45) is -2.17. The van der Waals surface area contributed by atoms with E-state index >= 15 is 0 Å². The van der Waals surface area contributed by atoms with Gasteiger partial charge in [-0.2, -0.15) is 0 Å². The van der Waals surface area contributed by atoms with Gasteiger partial charge in [0.15, 0.2) is 0 Å². The number of rotatable bonds is 3. The van der Waals surface area contributed by atoms with Crippen LogP contribution in [-0.2, 0) is 0 Å². The van der Waals surface area contributed by atoms with Crippen molar-refractivity contribution < 1.29 is 8.78 Å². The average Bonchev–Trinajstić information content (AvgIpc) is 1.61. The van der Waals surface area contributed by atoms with Crippen molar-refractivity contribution >= 4 is 11.8 Å². The smallest absolute Gasteiger partial charge is 0.210 e. The first-order chi connectivity index (χ1) is 3.63. The summed E-state index contributed by atoms with van der Waals surface area (Å²) in [4.78, 5) is 0. The van der Waals surface area contributed by atoms with Gasteiger partial charge >= 0.3 is 0 Å². The fraction of sp³-hybridized carbons (Fsp3) is 0.800. The second-order valence-electron chi connectivity index (χ2n) is 1.61. The molecule has 0 rings (SSSR count). The average molecular weight is 139 g/mol. The van der Waals surface area contributed by atoms with Gasteiger partial charge in [-0.05, 0) is 13.8 Å². The topological polar surface area (TPSA) is 0 Å². The van der Waals surface area contributed by atoms with Gasteiger partial charge in [0.2, 0.25) is 6.43 Å². The predicted molar refractivity (Wildman–Crippen MR) is 33.1 cm³/mol. The lowest BCUT2D eigenvalue weighted by atomic mass is 10.6. The van der Waals surface area contributed by atoms with Crippen molar-refractivity contribution in [2.24, 2.45) is 0 Å². The van der Waals surface area contributed by atoms with E-state index in [-0.39, 0.29) is 5.75 Å². The molecule has 0 saturated carbocycles. The molecule has 1 radical (unpaired) electrons. The monoisotopic (exact) mass is 139 g/mol. The molecule has 0 aliphatic carbocycles. The number of thioether (sulfide) groups is 1. The molecule has 0 aliphatic heterocycles. The molecule has 0 atom stereocenters. The van der Waals surface area contributed by atoms with Crippen LogP contribution in [0.1, 0.15) is 13.8 Å². The lowest BCUT2D eigenvalue weighted by Gasteiger charge is -2.00. The Hall–Kier alpha value is 0.210. The third-order valence-corrected chi connectivity index (χ3v) is 1.49. The molecule has 0 aromatic rings. The number of hydrogen-bond acceptors (Lipinski definition) is 1. The summed E-state index contributed by atoms with van der Waals surface area (Å²) < 4.78 is 22.7. The van der Waals surface area contributed by atoms with Crippen LogP contribution in [0.25, 0.3) is 0 Å². The normalized spacial score (nSPS) is 11.2. The molecule has 8 heavy (non-hydrogen) atoms. The Kier molecular flexibility index (Phi) is 4.23. The SMILES string of the molecule is C[C](C)SCC(F)F. The van der Waals surface area contributed by atoms with E-state index in [1.807, 2.05) is 13.8 Å². The second-order valence-corrected chi connectivity index (χ2v) is 3.05. The molecule has 0 amide bonds. The van der Waals surface area contributed by atoms with Gasteiger partial charge in [-0.25, -0.2) is 8.78 Å². The van der Waals surface area contributed by atoms with Crippen LogP contribution in [0.3, 0.4) is 0 Å². The summed E-state index contributed by atoms with van der Waals surface area (Å²) in [5.41, 5.74) is 0. The first kappa shape index (κ1) is 8.21. The highest BCUT2D eigenvalue weighted by molar-refractivity contribution is 8.02. The van der Waals surface area contributed by atoms with Crippen molar-refractivity contribution in [2.75, 3.05) is 5.75 Å². The van der Waals surface area contributed by atoms with Gasteiger partial charge in [-0.3, -0.25) is 0 Å². The molecule has 0 spiro atoms. The van der Waals surface area contributed by atoms with Gasteiger partial charge in [0.1, 0.15) is 0 Å². The highest BCUT2D eigenvalue weighted by Gasteiger charge is 2.03. The quantitative estimate of drug-likeness (QED) is 0.579. The van der Waals surface area contributed by atoms with Crippen LogP contribution >= 0.6 is 11.8 Å². The molecule has 0 N–H and O–H groups in total. The van der Waals surface area contributed by atoms with Crippen LogP contribution in [-0.4, -0.2) is 12.2 Å². The van der Waals surface area contributed by atoms with Gasteiger partial charge < -0.3 is 0 Å². The summed E-state index contributed by atoms with van der Waals surface area (Å²) in [6.45, 7) is 3.65. The van der Waals surface area contributed by atoms with Crippen LogP contribution in [0.4, 0.5) is 8.78 Å². The van der Waals surface area contributed by atoms with Gasteiger partial charge in [0.05, 0.1) is 5.75 Å². The van der Waals surface area contributed by atoms with E-state index in [1.54, 1.807) is 0 Å². The zero-order valence-electron chi connectivity index (χ0n) is 4.95. The summed E-state index contributed by atoms with van der Waals surface area (Å²) in [6, 6.07) is 0. The molecule has 0 bridgehead atoms. The molecule has 0 fully saturated rings. The summed E-state index contributed by atoms with van der Waals surface area (Å²) >= 11 is 1.21. The maximum absolute atomic E-state index is 11.4. The van der Waals surface area contributed by atoms with Crippen molar-refractivity contribution in [1.82, 2.24) is 0 Å². The minimum Gasteiger partial charge on any atom is -0.210 e. The molecule has 0 saturated heterocycles. The number of halogens is 2. The third-order valence-electron chi connectivity index (χ3n) is 0.498. The highest BCUT2D eigenvalue weighted by atomic mass is 32.2. The Bertz CT molecular complexity index is 46.4. The van der Waals surface area contributed by atoms with Gasteiger partial charge in [0, 0.05) is 5.25 Å². The zero-order chi connectivity index (χ0) is 6.57. The van der Waals surface area contributed by atoms with Crippen LogP contribution in [0.5, 0.6) is 0 Å². The van der Waals surface area contributed by atoms with Gasteiger partial charge in [-0.1, -0.05) is 0 Å². The van der Waals surface area contributed by atoms with Crippen LogP contribution in [0.15, 0.2) is 0 Å². The first-order valence-electron chi connectivity index (χ1n) is 2.34. The van der Waals surface area contributed by atoms with Crippen molar-refractivity contribution in [1.29, 1.82) is 0 Å². The standard InChI is InChI=1S/C5H9F2S/c1-4(2)8-3-5(6)7/h5H,3H2,1-2H3. The largest absolute Gasteiger partial charge is 0.247 e. The van der Waals surface area contributed by atoms with E-state index in [1.165, 1.54) is 11.8 Å². The number of alkyl halides is 2. The van der Waals surface area contributed by atoms with E-state index in [0.717, 1.165) is 5.25 Å². The molecule has 0 heterocycles. The summed E-state index contributed by atoms with van der Waals surface area (Å²) in [5, 5.41) is 0.991. The Morgan fingerprint density at radius 2 is 2.00 bits per heavy atom. The lowest BCUT2D eigenvalue weighted by Crippen LogP contribution is -1.94. The van der Waals surface area contributed by atoms with Gasteiger partial charge in [0.25, 0.3) is 0 Å². The van der Waals surface area contributed by atoms with E-state index in [9.17, 15) is 8.78 Å². The summed E-state index contributed by atoms with van der Waals surface area (Å²) in [5.74, 6) is -0.0671. The van der Waals surface area contributed by atoms with E-state index in [2.05, 4.69) is 0 Å². The third kappa shape index (κ3) is 6.21. The van der Waals surface area contributed by atoms with Crippen LogP contribution < -0.4 is 0 Å². The lowest BCUT2D eigenvalue weighted by molar-refractivity contribution is 0.177. The minimum absolute atomic E-state index is 0.0671. The molecule has 49 valence electrons. The maximum atomic E-state index is 11.4. The van der Waals surface area contributed by atoms with E-state index < -0.39 is 6.43 Å². The Morgan fingerprint density at radius 1 is 1.50 bits per heavy atom. The van der Waals surface area contributed by atoms with Crippen LogP contribution in [0.2, 0.25) is 0 Å². The fourth-order valence-electron chi connectivity index (χ4n) is 0.230. The van der Waals surface area contributed by atoms with Crippen LogP contribution in [0, 0.1) is 5.25 Å². The van der Waals surface area contributed by atoms with Gasteiger partial charge in [-0.15, -0.1) is 11.8 Å². The van der Waals surface area contributed by atoms with E-state index in [4.69, 9.17) is 0 Å². The molecular weight excluding hydrogens is 130 g/mol. The van der Waals surface area contributed by atoms with Crippen molar-refractivity contribution in [3.63, 3.8) is 0 Å². The predicted octanol–water partition coefficient (Wildman–Crippen LogP) is 2.56. The molecule has 0 aromatic heterocycles. The van der Waals surface area contributed by atoms with Crippen molar-refractivity contribution in [3.8, 4) is 0 Å². The molecule has 0 aromatic carbocycles. The molecule has 0 unspecified atom stereocenters. The Morgan fingerprint density at radius 3 is 2.12 bits per heavy atom. The fourth-order valence-corrected chi connectivity index (χ4v) is 0.689. The molecule has 3 heteroatoms. The molecule has 0 nitrogen and oxygen atoms in total. The molecular formula is C5H9F2S. The second kappa shape index (κ2) is 4.13. The zero-order valence-corrected chi connectivity index (χ0v) is 5.77.